The normalized spacial score (nSPS) is 27.0. The maximum absolute atomic E-state index is 4.97. The highest BCUT2D eigenvalue weighted by molar-refractivity contribution is 8.04. The van der Waals surface area contributed by atoms with Crippen LogP contribution < -0.4 is 0 Å². The number of benzene rings is 2. The van der Waals surface area contributed by atoms with Crippen molar-refractivity contribution in [2.75, 3.05) is 0 Å². The molecule has 0 amide bonds. The summed E-state index contributed by atoms with van der Waals surface area (Å²) < 4.78 is 22.5. The fourth-order valence-corrected chi connectivity index (χ4v) is 20.3. The number of allylic oxidation sites excluding steroid dienone is 10. The molecule has 6 aliphatic carbocycles. The Morgan fingerprint density at radius 3 is 2.15 bits per heavy atom. The lowest BCUT2D eigenvalue weighted by molar-refractivity contribution is 0.421. The third-order valence-corrected chi connectivity index (χ3v) is 22.7. The van der Waals surface area contributed by atoms with Crippen molar-refractivity contribution in [2.45, 2.75) is 102 Å². The highest BCUT2D eigenvalue weighted by Gasteiger charge is 2.61. The summed E-state index contributed by atoms with van der Waals surface area (Å²) in [6.45, 7) is 9.29. The van der Waals surface area contributed by atoms with Crippen LogP contribution in [0, 0.1) is 31.6 Å². The van der Waals surface area contributed by atoms with E-state index in [9.17, 15) is 0 Å². The summed E-state index contributed by atoms with van der Waals surface area (Å²) in [5.41, 5.74) is 19.4. The van der Waals surface area contributed by atoms with Crippen LogP contribution in [0.4, 0.5) is 0 Å². The van der Waals surface area contributed by atoms with Crippen LogP contribution in [0.5, 0.6) is 0 Å². The Morgan fingerprint density at radius 2 is 1.40 bits per heavy atom. The predicted octanol–water partition coefficient (Wildman–Crippen LogP) is 16.3. The summed E-state index contributed by atoms with van der Waals surface area (Å²) in [6.07, 6.45) is 27.6. The Hall–Kier alpha value is -4.29. The van der Waals surface area contributed by atoms with Gasteiger partial charge in [-0.1, -0.05) is 122 Å². The molecule has 67 heavy (non-hydrogen) atoms. The topological polar surface area (TPSA) is 51.6 Å². The van der Waals surface area contributed by atoms with Gasteiger partial charge < -0.3 is 0 Å². The lowest BCUT2D eigenvalue weighted by Crippen LogP contribution is -2.36. The number of hydrogen-bond acceptors (Lipinski definition) is 10. The molecular formula is C57H50N4S6. The first kappa shape index (κ1) is 41.7. The van der Waals surface area contributed by atoms with E-state index in [1.807, 2.05) is 11.3 Å². The molecule has 7 aliphatic rings. The van der Waals surface area contributed by atoms with Crippen molar-refractivity contribution >= 4 is 89.8 Å². The van der Waals surface area contributed by atoms with Gasteiger partial charge in [0.05, 0.1) is 70.1 Å². The van der Waals surface area contributed by atoms with E-state index < -0.39 is 5.41 Å². The first-order valence-electron chi connectivity index (χ1n) is 24.2. The average molecular weight is 983 g/mol. The fourth-order valence-electron chi connectivity index (χ4n) is 12.8. The zero-order valence-corrected chi connectivity index (χ0v) is 43.0. The Balaban J connectivity index is 1.07. The van der Waals surface area contributed by atoms with Gasteiger partial charge in [-0.2, -0.15) is 17.5 Å². The molecule has 0 saturated heterocycles. The van der Waals surface area contributed by atoms with Gasteiger partial charge in [0.2, 0.25) is 0 Å². The lowest BCUT2D eigenvalue weighted by atomic mass is 9.61. The second-order valence-electron chi connectivity index (χ2n) is 20.2. The van der Waals surface area contributed by atoms with Gasteiger partial charge in [-0.15, -0.1) is 45.8 Å². The number of hydrogen-bond donors (Lipinski definition) is 0. The zero-order valence-electron chi connectivity index (χ0n) is 38.1. The molecule has 6 atom stereocenters. The molecule has 0 N–H and O–H groups in total. The average Bonchev–Trinajstić information content (AvgIpc) is 4.22. The van der Waals surface area contributed by atoms with Crippen molar-refractivity contribution in [3.63, 3.8) is 0 Å². The van der Waals surface area contributed by atoms with Crippen LogP contribution in [0.25, 0.3) is 30.3 Å². The maximum atomic E-state index is 4.97. The minimum Gasteiger partial charge on any atom is -0.177 e. The molecule has 6 unspecified atom stereocenters. The molecule has 14 rings (SSSR count). The molecule has 7 aromatic rings. The van der Waals surface area contributed by atoms with Gasteiger partial charge in [-0.3, -0.25) is 0 Å². The van der Waals surface area contributed by atoms with Crippen LogP contribution in [-0.4, -0.2) is 17.5 Å². The molecule has 0 fully saturated rings. The fraction of sp³-hybridized carbons (Fsp3) is 0.333. The van der Waals surface area contributed by atoms with Crippen LogP contribution in [0.1, 0.15) is 136 Å². The molecule has 1 aliphatic heterocycles. The van der Waals surface area contributed by atoms with Crippen molar-refractivity contribution in [1.29, 1.82) is 0 Å². The maximum Gasteiger partial charge on any atom is 0.108 e. The summed E-state index contributed by atoms with van der Waals surface area (Å²) in [6, 6.07) is 22.0. The van der Waals surface area contributed by atoms with Gasteiger partial charge in [-0.25, -0.2) is 0 Å². The SMILES string of the molecule is Cc1ccc(C2(C3=CCC(C)C=C3)c3cc(C4=CCCCc5nsnc54)sc3-c3sc4c5c(sc4c32)C2SC(C3=CCCc4nsnc43)=CC2C5(C2=CCC(C)CC2)c2ccc(C)cc2)cc1. The second-order valence-corrected chi connectivity index (χ2v) is 25.5. The van der Waals surface area contributed by atoms with Gasteiger partial charge >= 0.3 is 0 Å². The van der Waals surface area contributed by atoms with E-state index in [1.165, 1.54) is 115 Å². The van der Waals surface area contributed by atoms with Gasteiger partial charge in [0.25, 0.3) is 0 Å². The van der Waals surface area contributed by atoms with Crippen molar-refractivity contribution in [3.05, 3.63) is 185 Å². The molecular weight excluding hydrogens is 933 g/mol. The summed E-state index contributed by atoms with van der Waals surface area (Å²) >= 11 is 11.2. The van der Waals surface area contributed by atoms with E-state index >= 15 is 0 Å². The summed E-state index contributed by atoms with van der Waals surface area (Å²) in [4.78, 5) is 7.22. The van der Waals surface area contributed by atoms with Crippen LogP contribution in [0.3, 0.4) is 0 Å². The standard InChI is InChI=1S/C57H50N4S6/c1-30-12-20-34(21-13-30)56(35-22-14-31(2)15-23-35)40-28-44(38-8-5-6-10-42-48(38)60-66-58-42)62-50(40)52-46(56)54-55(64-52)47-53(65-54)51-41(29-45(63-51)39-9-7-11-43-49(39)61-67-59-43)57(47,36-24-16-32(3)17-25-36)37-26-18-33(4)19-27-37/h8-9,12-14,16-17,20-26,28-29,31,33,41,51H,5-7,10-11,15,18-19,27H2,1-4H3. The van der Waals surface area contributed by atoms with Gasteiger partial charge in [0, 0.05) is 42.9 Å². The molecule has 6 heterocycles. The van der Waals surface area contributed by atoms with Crippen LogP contribution in [0.2, 0.25) is 0 Å². The minimum absolute atomic E-state index is 0.285. The van der Waals surface area contributed by atoms with Crippen LogP contribution in [0.15, 0.2) is 113 Å². The van der Waals surface area contributed by atoms with Gasteiger partial charge in [0.1, 0.15) is 11.4 Å². The number of aryl methyl sites for hydroxylation is 4. The van der Waals surface area contributed by atoms with E-state index in [-0.39, 0.29) is 11.3 Å². The predicted molar refractivity (Wildman–Crippen MR) is 286 cm³/mol. The number of nitrogens with zero attached hydrogens (tertiary/aromatic N) is 4. The molecule has 0 radical (unpaired) electrons. The van der Waals surface area contributed by atoms with Gasteiger partial charge in [-0.05, 0) is 112 Å². The van der Waals surface area contributed by atoms with Crippen molar-refractivity contribution in [2.24, 2.45) is 17.8 Å². The lowest BCUT2D eigenvalue weighted by Gasteiger charge is -2.41. The molecule has 2 aromatic carbocycles. The number of thiophene rings is 3. The number of rotatable bonds is 6. The van der Waals surface area contributed by atoms with E-state index in [0.717, 1.165) is 68.4 Å². The third-order valence-electron chi connectivity index (χ3n) is 16.1. The molecule has 0 saturated carbocycles. The van der Waals surface area contributed by atoms with Gasteiger partial charge in [0.15, 0.2) is 0 Å². The summed E-state index contributed by atoms with van der Waals surface area (Å²) in [7, 11) is 0. The first-order valence-corrected chi connectivity index (χ1v) is 29.0. The van der Waals surface area contributed by atoms with Crippen molar-refractivity contribution in [1.82, 2.24) is 17.5 Å². The monoisotopic (exact) mass is 982 g/mol. The molecule has 5 aromatic heterocycles. The van der Waals surface area contributed by atoms with E-state index in [2.05, 4.69) is 159 Å². The van der Waals surface area contributed by atoms with Crippen LogP contribution >= 0.6 is 69.2 Å². The quantitative estimate of drug-likeness (QED) is 0.155. The van der Waals surface area contributed by atoms with E-state index in [0.29, 0.717) is 17.1 Å². The Labute approximate surface area is 417 Å². The van der Waals surface area contributed by atoms with Crippen LogP contribution in [-0.2, 0) is 23.7 Å². The Morgan fingerprint density at radius 1 is 0.672 bits per heavy atom. The van der Waals surface area contributed by atoms with E-state index in [4.69, 9.17) is 17.5 Å². The second kappa shape index (κ2) is 15.6. The molecule has 10 heteroatoms. The number of fused-ring (bicyclic) bond motifs is 11. The molecule has 0 spiro atoms. The highest BCUT2D eigenvalue weighted by Crippen LogP contribution is 2.74. The zero-order chi connectivity index (χ0) is 44.8. The third kappa shape index (κ3) is 5.92. The number of aromatic nitrogens is 4. The van der Waals surface area contributed by atoms with Crippen molar-refractivity contribution in [3.8, 4) is 9.75 Å². The Bertz CT molecular complexity index is 3390. The molecule has 334 valence electrons. The van der Waals surface area contributed by atoms with Crippen molar-refractivity contribution < 1.29 is 0 Å². The smallest absolute Gasteiger partial charge is 0.108 e. The minimum atomic E-state index is -0.465. The molecule has 0 bridgehead atoms. The van der Waals surface area contributed by atoms with E-state index in [1.54, 1.807) is 16.0 Å². The summed E-state index contributed by atoms with van der Waals surface area (Å²) in [5, 5.41) is 0.304. The number of thioether (sulfide) groups is 1. The summed E-state index contributed by atoms with van der Waals surface area (Å²) in [5.74, 6) is 1.48. The molecule has 4 nitrogen and oxygen atoms in total. The Kier molecular flexibility index (Phi) is 9.71. The highest BCUT2D eigenvalue weighted by atomic mass is 32.2. The first-order chi connectivity index (χ1) is 32.8. The largest absolute Gasteiger partial charge is 0.177 e.